The van der Waals surface area contributed by atoms with Gasteiger partial charge in [0.15, 0.2) is 0 Å². The summed E-state index contributed by atoms with van der Waals surface area (Å²) in [5.41, 5.74) is 1.17. The fourth-order valence-electron chi connectivity index (χ4n) is 2.75. The SMILES string of the molecule is CCC(C)N(Cc1ccccc1)C(=O)C1COCC1NC. The van der Waals surface area contributed by atoms with Gasteiger partial charge in [-0.2, -0.15) is 0 Å². The van der Waals surface area contributed by atoms with Gasteiger partial charge in [-0.15, -0.1) is 0 Å². The van der Waals surface area contributed by atoms with E-state index in [4.69, 9.17) is 4.74 Å². The predicted molar refractivity (Wildman–Crippen MR) is 83.9 cm³/mol. The molecule has 0 aliphatic carbocycles. The van der Waals surface area contributed by atoms with Crippen LogP contribution in [-0.4, -0.2) is 43.2 Å². The lowest BCUT2D eigenvalue weighted by Gasteiger charge is -2.32. The summed E-state index contributed by atoms with van der Waals surface area (Å²) in [7, 11) is 1.89. The third-order valence-electron chi connectivity index (χ3n) is 4.37. The standard InChI is InChI=1S/C17H26N2O2/c1-4-13(2)19(10-14-8-6-5-7-9-14)17(20)15-11-21-12-16(15)18-3/h5-9,13,15-16,18H,4,10-12H2,1-3H3. The largest absolute Gasteiger partial charge is 0.379 e. The van der Waals surface area contributed by atoms with E-state index in [1.54, 1.807) is 0 Å². The molecule has 1 aromatic rings. The molecule has 4 heteroatoms. The first-order valence-corrected chi connectivity index (χ1v) is 7.76. The van der Waals surface area contributed by atoms with Crippen molar-refractivity contribution in [1.82, 2.24) is 10.2 Å². The number of nitrogens with one attached hydrogen (secondary N) is 1. The first-order chi connectivity index (χ1) is 10.2. The molecule has 2 rings (SSSR count). The summed E-state index contributed by atoms with van der Waals surface area (Å²) in [4.78, 5) is 14.9. The van der Waals surface area contributed by atoms with Crippen LogP contribution in [0, 0.1) is 5.92 Å². The number of rotatable bonds is 6. The smallest absolute Gasteiger partial charge is 0.230 e. The topological polar surface area (TPSA) is 41.6 Å². The fraction of sp³-hybridized carbons (Fsp3) is 0.588. The minimum Gasteiger partial charge on any atom is -0.379 e. The molecule has 3 atom stereocenters. The van der Waals surface area contributed by atoms with Gasteiger partial charge in [0.05, 0.1) is 19.1 Å². The van der Waals surface area contributed by atoms with Crippen LogP contribution in [0.3, 0.4) is 0 Å². The van der Waals surface area contributed by atoms with E-state index in [0.29, 0.717) is 19.8 Å². The second kappa shape index (κ2) is 7.57. The van der Waals surface area contributed by atoms with E-state index in [9.17, 15) is 4.79 Å². The highest BCUT2D eigenvalue weighted by molar-refractivity contribution is 5.80. The molecular weight excluding hydrogens is 264 g/mol. The summed E-state index contributed by atoms with van der Waals surface area (Å²) in [5, 5.41) is 3.20. The molecule has 1 heterocycles. The summed E-state index contributed by atoms with van der Waals surface area (Å²) < 4.78 is 5.49. The molecule has 21 heavy (non-hydrogen) atoms. The number of carbonyl (C=O) groups is 1. The highest BCUT2D eigenvalue weighted by atomic mass is 16.5. The van der Waals surface area contributed by atoms with Crippen LogP contribution in [-0.2, 0) is 16.1 Å². The Morgan fingerprint density at radius 1 is 1.38 bits per heavy atom. The molecule has 0 spiro atoms. The molecule has 0 radical (unpaired) electrons. The van der Waals surface area contributed by atoms with Gasteiger partial charge in [-0.1, -0.05) is 37.3 Å². The predicted octanol–water partition coefficient (Wildman–Crippen LogP) is 2.05. The Hall–Kier alpha value is -1.39. The normalized spacial score (nSPS) is 23.0. The minimum absolute atomic E-state index is 0.0762. The maximum Gasteiger partial charge on any atom is 0.230 e. The van der Waals surface area contributed by atoms with Gasteiger partial charge in [0, 0.05) is 18.6 Å². The fourth-order valence-corrected chi connectivity index (χ4v) is 2.75. The van der Waals surface area contributed by atoms with Crippen molar-refractivity contribution in [2.24, 2.45) is 5.92 Å². The Bertz CT molecular complexity index is 449. The van der Waals surface area contributed by atoms with E-state index in [0.717, 1.165) is 6.42 Å². The molecule has 1 aromatic carbocycles. The van der Waals surface area contributed by atoms with Crippen LogP contribution in [0.4, 0.5) is 0 Å². The molecule has 116 valence electrons. The van der Waals surface area contributed by atoms with Gasteiger partial charge in [0.25, 0.3) is 0 Å². The number of carbonyl (C=O) groups excluding carboxylic acids is 1. The van der Waals surface area contributed by atoms with Gasteiger partial charge < -0.3 is 15.0 Å². The second-order valence-electron chi connectivity index (χ2n) is 5.75. The molecular formula is C17H26N2O2. The van der Waals surface area contributed by atoms with Crippen LogP contribution in [0.2, 0.25) is 0 Å². The number of nitrogens with zero attached hydrogens (tertiary/aromatic N) is 1. The Balaban J connectivity index is 2.13. The van der Waals surface area contributed by atoms with Crippen LogP contribution in [0.25, 0.3) is 0 Å². The summed E-state index contributed by atoms with van der Waals surface area (Å²) >= 11 is 0. The average molecular weight is 290 g/mol. The molecule has 3 unspecified atom stereocenters. The van der Waals surface area contributed by atoms with Crippen molar-refractivity contribution in [2.75, 3.05) is 20.3 Å². The molecule has 0 bridgehead atoms. The lowest BCUT2D eigenvalue weighted by atomic mass is 10.00. The molecule has 0 aromatic heterocycles. The highest BCUT2D eigenvalue weighted by Crippen LogP contribution is 2.20. The van der Waals surface area contributed by atoms with Crippen molar-refractivity contribution in [1.29, 1.82) is 0 Å². The number of benzene rings is 1. The highest BCUT2D eigenvalue weighted by Gasteiger charge is 2.36. The van der Waals surface area contributed by atoms with Gasteiger partial charge in [0.2, 0.25) is 5.91 Å². The van der Waals surface area contributed by atoms with Crippen molar-refractivity contribution in [3.63, 3.8) is 0 Å². The Labute approximate surface area is 127 Å². The third-order valence-corrected chi connectivity index (χ3v) is 4.37. The Kier molecular flexibility index (Phi) is 5.76. The zero-order chi connectivity index (χ0) is 15.2. The number of amides is 1. The molecule has 4 nitrogen and oxygen atoms in total. The van der Waals surface area contributed by atoms with Gasteiger partial charge in [0.1, 0.15) is 0 Å². The van der Waals surface area contributed by atoms with E-state index in [1.165, 1.54) is 5.56 Å². The van der Waals surface area contributed by atoms with E-state index in [1.807, 2.05) is 30.1 Å². The van der Waals surface area contributed by atoms with Crippen molar-refractivity contribution in [3.8, 4) is 0 Å². The van der Waals surface area contributed by atoms with Crippen LogP contribution < -0.4 is 5.32 Å². The molecule has 1 fully saturated rings. The minimum atomic E-state index is -0.0762. The van der Waals surface area contributed by atoms with Crippen molar-refractivity contribution in [2.45, 2.75) is 38.9 Å². The quantitative estimate of drug-likeness (QED) is 0.872. The summed E-state index contributed by atoms with van der Waals surface area (Å²) in [6, 6.07) is 10.5. The zero-order valence-corrected chi connectivity index (χ0v) is 13.2. The monoisotopic (exact) mass is 290 g/mol. The molecule has 1 saturated heterocycles. The van der Waals surface area contributed by atoms with E-state index in [-0.39, 0.29) is 23.9 Å². The van der Waals surface area contributed by atoms with Crippen LogP contribution in [0.5, 0.6) is 0 Å². The zero-order valence-electron chi connectivity index (χ0n) is 13.2. The summed E-state index contributed by atoms with van der Waals surface area (Å²) in [5.74, 6) is 0.123. The number of likely N-dealkylation sites (N-methyl/N-ethyl adjacent to an activating group) is 1. The van der Waals surface area contributed by atoms with E-state index in [2.05, 4.69) is 31.3 Å². The first kappa shape index (κ1) is 16.0. The van der Waals surface area contributed by atoms with Gasteiger partial charge >= 0.3 is 0 Å². The second-order valence-corrected chi connectivity index (χ2v) is 5.75. The summed E-state index contributed by atoms with van der Waals surface area (Å²) in [6.45, 7) is 6.04. The average Bonchev–Trinajstić information content (AvgIpc) is 3.00. The molecule has 1 aliphatic heterocycles. The Morgan fingerprint density at radius 2 is 2.10 bits per heavy atom. The lowest BCUT2D eigenvalue weighted by molar-refractivity contribution is -0.138. The van der Waals surface area contributed by atoms with Crippen LogP contribution in [0.1, 0.15) is 25.8 Å². The van der Waals surface area contributed by atoms with E-state index >= 15 is 0 Å². The van der Waals surface area contributed by atoms with Crippen molar-refractivity contribution < 1.29 is 9.53 Å². The molecule has 1 amide bonds. The first-order valence-electron chi connectivity index (χ1n) is 7.76. The molecule has 1 aliphatic rings. The van der Waals surface area contributed by atoms with Gasteiger partial charge in [-0.3, -0.25) is 4.79 Å². The van der Waals surface area contributed by atoms with Crippen molar-refractivity contribution in [3.05, 3.63) is 35.9 Å². The van der Waals surface area contributed by atoms with Crippen LogP contribution >= 0.6 is 0 Å². The lowest BCUT2D eigenvalue weighted by Crippen LogP contribution is -2.47. The molecule has 1 N–H and O–H groups in total. The van der Waals surface area contributed by atoms with Gasteiger partial charge in [-0.05, 0) is 26.0 Å². The molecule has 0 saturated carbocycles. The van der Waals surface area contributed by atoms with Gasteiger partial charge in [-0.25, -0.2) is 0 Å². The van der Waals surface area contributed by atoms with Crippen LogP contribution in [0.15, 0.2) is 30.3 Å². The number of hydrogen-bond acceptors (Lipinski definition) is 3. The number of ether oxygens (including phenoxy) is 1. The summed E-state index contributed by atoms with van der Waals surface area (Å²) in [6.07, 6.45) is 0.955. The van der Waals surface area contributed by atoms with E-state index < -0.39 is 0 Å². The third kappa shape index (κ3) is 3.83. The Morgan fingerprint density at radius 3 is 2.71 bits per heavy atom. The van der Waals surface area contributed by atoms with Crippen molar-refractivity contribution >= 4 is 5.91 Å². The number of hydrogen-bond donors (Lipinski definition) is 1. The maximum absolute atomic E-state index is 12.9. The maximum atomic E-state index is 12.9.